The summed E-state index contributed by atoms with van der Waals surface area (Å²) in [6.45, 7) is -0.0748. The van der Waals surface area contributed by atoms with Crippen molar-refractivity contribution >= 4 is 0 Å². The topological polar surface area (TPSA) is 50.9 Å². The summed E-state index contributed by atoms with van der Waals surface area (Å²) in [4.78, 5) is 0. The highest BCUT2D eigenvalue weighted by molar-refractivity contribution is 5.34. The van der Waals surface area contributed by atoms with E-state index in [1.54, 1.807) is 0 Å². The van der Waals surface area contributed by atoms with Gasteiger partial charge in [0.2, 0.25) is 0 Å². The molecule has 0 aliphatic heterocycles. The third-order valence-corrected chi connectivity index (χ3v) is 4.13. The predicted molar refractivity (Wildman–Crippen MR) is 77.7 cm³/mol. The Morgan fingerprint density at radius 1 is 1.00 bits per heavy atom. The molecule has 1 aliphatic rings. The van der Waals surface area contributed by atoms with Gasteiger partial charge in [0.25, 0.3) is 0 Å². The number of aliphatic hydroxyl groups excluding tert-OH is 1. The zero-order valence-electron chi connectivity index (χ0n) is 11.7. The van der Waals surface area contributed by atoms with E-state index < -0.39 is 0 Å². The molecule has 0 spiro atoms. The molecular formula is C16H21N3O. The Labute approximate surface area is 119 Å². The van der Waals surface area contributed by atoms with E-state index in [9.17, 15) is 5.11 Å². The molecule has 0 atom stereocenters. The summed E-state index contributed by atoms with van der Waals surface area (Å²) in [6, 6.07) is 10.1. The molecule has 1 heterocycles. The molecule has 1 fully saturated rings. The Balaban J connectivity index is 2.00. The Hall–Kier alpha value is -1.68. The summed E-state index contributed by atoms with van der Waals surface area (Å²) >= 11 is 0. The predicted octanol–water partition coefficient (Wildman–Crippen LogP) is 3.20. The van der Waals surface area contributed by atoms with E-state index in [1.165, 1.54) is 38.5 Å². The molecule has 0 saturated heterocycles. The molecule has 0 radical (unpaired) electrons. The minimum absolute atomic E-state index is 0.0748. The standard InChI is InChI=1S/C16H21N3O/c20-12-15-17-18-16(13-8-4-1-2-5-9-13)19(15)14-10-6-3-7-11-14/h3,6-7,10-11,13,20H,1-2,4-5,8-9,12H2. The van der Waals surface area contributed by atoms with Crippen molar-refractivity contribution in [2.45, 2.75) is 51.0 Å². The second-order valence-corrected chi connectivity index (χ2v) is 5.49. The Morgan fingerprint density at radius 3 is 2.35 bits per heavy atom. The molecule has 0 bridgehead atoms. The van der Waals surface area contributed by atoms with Gasteiger partial charge in [0, 0.05) is 11.6 Å². The lowest BCUT2D eigenvalue weighted by Gasteiger charge is -2.16. The number of rotatable bonds is 3. The first-order valence-electron chi connectivity index (χ1n) is 7.50. The third-order valence-electron chi connectivity index (χ3n) is 4.13. The van der Waals surface area contributed by atoms with E-state index in [1.807, 2.05) is 34.9 Å². The number of hydrogen-bond donors (Lipinski definition) is 1. The molecule has 0 amide bonds. The molecule has 1 saturated carbocycles. The minimum Gasteiger partial charge on any atom is -0.388 e. The van der Waals surface area contributed by atoms with Crippen LogP contribution in [0.1, 0.15) is 56.1 Å². The molecule has 20 heavy (non-hydrogen) atoms. The smallest absolute Gasteiger partial charge is 0.163 e. The number of para-hydroxylation sites is 1. The van der Waals surface area contributed by atoms with E-state index >= 15 is 0 Å². The highest BCUT2D eigenvalue weighted by atomic mass is 16.3. The van der Waals surface area contributed by atoms with Crippen molar-refractivity contribution in [2.75, 3.05) is 0 Å². The first kappa shape index (κ1) is 13.3. The average Bonchev–Trinajstić information content (AvgIpc) is 2.74. The Morgan fingerprint density at radius 2 is 1.70 bits per heavy atom. The van der Waals surface area contributed by atoms with Crippen LogP contribution in [-0.2, 0) is 6.61 Å². The fourth-order valence-corrected chi connectivity index (χ4v) is 3.09. The van der Waals surface area contributed by atoms with Crippen LogP contribution in [0.3, 0.4) is 0 Å². The van der Waals surface area contributed by atoms with Crippen LogP contribution in [-0.4, -0.2) is 19.9 Å². The molecule has 1 aromatic carbocycles. The van der Waals surface area contributed by atoms with Crippen LogP contribution in [0, 0.1) is 0 Å². The molecule has 0 unspecified atom stereocenters. The molecule has 2 aromatic rings. The van der Waals surface area contributed by atoms with E-state index in [-0.39, 0.29) is 6.61 Å². The maximum absolute atomic E-state index is 9.52. The lowest BCUT2D eigenvalue weighted by atomic mass is 9.99. The van der Waals surface area contributed by atoms with Crippen molar-refractivity contribution in [1.82, 2.24) is 14.8 Å². The number of aromatic nitrogens is 3. The van der Waals surface area contributed by atoms with Crippen molar-refractivity contribution in [3.63, 3.8) is 0 Å². The van der Waals surface area contributed by atoms with E-state index in [0.29, 0.717) is 11.7 Å². The maximum atomic E-state index is 9.52. The molecule has 106 valence electrons. The van der Waals surface area contributed by atoms with Crippen LogP contribution in [0.25, 0.3) is 5.69 Å². The molecule has 1 N–H and O–H groups in total. The molecule has 3 rings (SSSR count). The first-order chi connectivity index (χ1) is 9.90. The first-order valence-corrected chi connectivity index (χ1v) is 7.50. The van der Waals surface area contributed by atoms with E-state index in [4.69, 9.17) is 0 Å². The molecule has 4 heteroatoms. The SMILES string of the molecule is OCc1nnc(C2CCCCCC2)n1-c1ccccc1. The monoisotopic (exact) mass is 271 g/mol. The van der Waals surface area contributed by atoms with Crippen LogP contribution in [0.5, 0.6) is 0 Å². The van der Waals surface area contributed by atoms with Crippen molar-refractivity contribution in [1.29, 1.82) is 0 Å². The highest BCUT2D eigenvalue weighted by Gasteiger charge is 2.22. The third kappa shape index (κ3) is 2.61. The number of benzene rings is 1. The van der Waals surface area contributed by atoms with Crippen molar-refractivity contribution in [2.24, 2.45) is 0 Å². The van der Waals surface area contributed by atoms with Crippen molar-refractivity contribution in [3.8, 4) is 5.69 Å². The summed E-state index contributed by atoms with van der Waals surface area (Å²) in [5, 5.41) is 18.1. The van der Waals surface area contributed by atoms with Crippen molar-refractivity contribution < 1.29 is 5.11 Å². The zero-order chi connectivity index (χ0) is 13.8. The summed E-state index contributed by atoms with van der Waals surface area (Å²) in [5.74, 6) is 2.11. The molecule has 1 aliphatic carbocycles. The van der Waals surface area contributed by atoms with Gasteiger partial charge < -0.3 is 5.11 Å². The van der Waals surface area contributed by atoms with Crippen molar-refractivity contribution in [3.05, 3.63) is 42.0 Å². The zero-order valence-corrected chi connectivity index (χ0v) is 11.7. The Kier molecular flexibility index (Phi) is 4.11. The summed E-state index contributed by atoms with van der Waals surface area (Å²) < 4.78 is 2.04. The highest BCUT2D eigenvalue weighted by Crippen LogP contribution is 2.32. The minimum atomic E-state index is -0.0748. The maximum Gasteiger partial charge on any atom is 0.163 e. The van der Waals surface area contributed by atoms with Gasteiger partial charge >= 0.3 is 0 Å². The lowest BCUT2D eigenvalue weighted by molar-refractivity contribution is 0.268. The van der Waals surface area contributed by atoms with Gasteiger partial charge in [-0.25, -0.2) is 0 Å². The fourth-order valence-electron chi connectivity index (χ4n) is 3.09. The van der Waals surface area contributed by atoms with Gasteiger partial charge in [0.15, 0.2) is 5.82 Å². The van der Waals surface area contributed by atoms with Crippen LogP contribution in [0.2, 0.25) is 0 Å². The number of hydrogen-bond acceptors (Lipinski definition) is 3. The van der Waals surface area contributed by atoms with Crippen LogP contribution >= 0.6 is 0 Å². The van der Waals surface area contributed by atoms with Gasteiger partial charge in [0.05, 0.1) is 0 Å². The van der Waals surface area contributed by atoms with Gasteiger partial charge in [-0.15, -0.1) is 10.2 Å². The quantitative estimate of drug-likeness (QED) is 0.872. The van der Waals surface area contributed by atoms with Gasteiger partial charge in [-0.2, -0.15) is 0 Å². The van der Waals surface area contributed by atoms with E-state index in [0.717, 1.165) is 11.5 Å². The Bertz CT molecular complexity index is 542. The van der Waals surface area contributed by atoms with Gasteiger partial charge in [0.1, 0.15) is 12.4 Å². The second-order valence-electron chi connectivity index (χ2n) is 5.49. The van der Waals surface area contributed by atoms with Gasteiger partial charge in [-0.1, -0.05) is 43.9 Å². The number of nitrogens with zero attached hydrogens (tertiary/aromatic N) is 3. The normalized spacial score (nSPS) is 17.1. The van der Waals surface area contributed by atoms with Gasteiger partial charge in [-0.05, 0) is 25.0 Å². The second kappa shape index (κ2) is 6.18. The van der Waals surface area contributed by atoms with E-state index in [2.05, 4.69) is 10.2 Å². The average molecular weight is 271 g/mol. The number of aliphatic hydroxyl groups is 1. The van der Waals surface area contributed by atoms with Crippen LogP contribution < -0.4 is 0 Å². The molecule has 1 aromatic heterocycles. The summed E-state index contributed by atoms with van der Waals surface area (Å²) in [5.41, 5.74) is 1.04. The van der Waals surface area contributed by atoms with Crippen LogP contribution in [0.15, 0.2) is 30.3 Å². The van der Waals surface area contributed by atoms with Gasteiger partial charge in [-0.3, -0.25) is 4.57 Å². The molecule has 4 nitrogen and oxygen atoms in total. The summed E-state index contributed by atoms with van der Waals surface area (Å²) in [7, 11) is 0. The summed E-state index contributed by atoms with van der Waals surface area (Å²) in [6.07, 6.45) is 7.53. The fraction of sp³-hybridized carbons (Fsp3) is 0.500. The van der Waals surface area contributed by atoms with Crippen LogP contribution in [0.4, 0.5) is 0 Å². The lowest BCUT2D eigenvalue weighted by Crippen LogP contribution is -2.10. The largest absolute Gasteiger partial charge is 0.388 e. The molecular weight excluding hydrogens is 250 g/mol.